The van der Waals surface area contributed by atoms with Crippen LogP contribution in [0.15, 0.2) is 12.1 Å². The molecule has 1 aromatic carbocycles. The van der Waals surface area contributed by atoms with Crippen LogP contribution in [0.2, 0.25) is 5.02 Å². The molecule has 0 atom stereocenters. The van der Waals surface area contributed by atoms with Crippen LogP contribution in [-0.4, -0.2) is 13.1 Å². The summed E-state index contributed by atoms with van der Waals surface area (Å²) in [6.07, 6.45) is -4.64. The number of esters is 1. The lowest BCUT2D eigenvalue weighted by atomic mass is 10.0. The van der Waals surface area contributed by atoms with Crippen LogP contribution < -0.4 is 0 Å². The monoisotopic (exact) mass is 263 g/mol. The van der Waals surface area contributed by atoms with Crippen LogP contribution in [0.5, 0.6) is 0 Å². The molecule has 0 bridgehead atoms. The summed E-state index contributed by atoms with van der Waals surface area (Å²) in [4.78, 5) is 11.2. The van der Waals surface area contributed by atoms with E-state index in [1.165, 1.54) is 6.07 Å². The first kappa shape index (κ1) is 13.3. The Morgan fingerprint density at radius 1 is 1.47 bits per heavy atom. The maximum absolute atomic E-state index is 12.4. The van der Waals surface area contributed by atoms with Crippen LogP contribution in [-0.2, 0) is 10.9 Å². The molecule has 0 fully saturated rings. The zero-order valence-electron chi connectivity index (χ0n) is 8.43. The lowest BCUT2D eigenvalue weighted by molar-refractivity contribution is -0.137. The fourth-order valence-electron chi connectivity index (χ4n) is 1.17. The molecule has 0 spiro atoms. The summed E-state index contributed by atoms with van der Waals surface area (Å²) in [5, 5.41) is 8.22. The first-order valence-corrected chi connectivity index (χ1v) is 4.58. The lowest BCUT2D eigenvalue weighted by Gasteiger charge is -2.10. The quantitative estimate of drug-likeness (QED) is 0.732. The van der Waals surface area contributed by atoms with Gasteiger partial charge < -0.3 is 4.74 Å². The van der Waals surface area contributed by atoms with E-state index in [0.29, 0.717) is 12.1 Å². The first-order valence-electron chi connectivity index (χ1n) is 4.20. The molecule has 0 radical (unpaired) electrons. The predicted molar refractivity (Wildman–Crippen MR) is 52.5 cm³/mol. The van der Waals surface area contributed by atoms with Gasteiger partial charge in [-0.2, -0.15) is 18.4 Å². The molecule has 0 amide bonds. The van der Waals surface area contributed by atoms with Gasteiger partial charge in [0.05, 0.1) is 28.8 Å². The smallest absolute Gasteiger partial charge is 0.416 e. The molecule has 0 saturated carbocycles. The summed E-state index contributed by atoms with van der Waals surface area (Å²) in [7, 11) is 1.04. The van der Waals surface area contributed by atoms with Gasteiger partial charge in [0, 0.05) is 0 Å². The molecule has 0 aliphatic carbocycles. The molecule has 3 nitrogen and oxygen atoms in total. The number of nitrogens with zero attached hydrogens (tertiary/aromatic N) is 1. The molecule has 7 heteroatoms. The zero-order chi connectivity index (χ0) is 13.2. The second-order valence-electron chi connectivity index (χ2n) is 2.98. The van der Waals surface area contributed by atoms with E-state index in [2.05, 4.69) is 4.74 Å². The molecule has 90 valence electrons. The van der Waals surface area contributed by atoms with Gasteiger partial charge >= 0.3 is 12.1 Å². The van der Waals surface area contributed by atoms with E-state index in [-0.39, 0.29) is 5.56 Å². The van der Waals surface area contributed by atoms with Crippen molar-refractivity contribution in [3.63, 3.8) is 0 Å². The maximum Gasteiger partial charge on any atom is 0.416 e. The van der Waals surface area contributed by atoms with Crippen molar-refractivity contribution < 1.29 is 22.7 Å². The molecule has 1 rings (SSSR count). The molecule has 0 heterocycles. The van der Waals surface area contributed by atoms with Crippen LogP contribution in [0.3, 0.4) is 0 Å². The van der Waals surface area contributed by atoms with Gasteiger partial charge in [-0.15, -0.1) is 0 Å². The molecule has 1 aromatic rings. The second-order valence-corrected chi connectivity index (χ2v) is 3.39. The summed E-state index contributed by atoms with van der Waals surface area (Å²) in [5.74, 6) is -0.958. The van der Waals surface area contributed by atoms with Gasteiger partial charge in [-0.05, 0) is 12.1 Å². The molecule has 0 saturated heterocycles. The number of carbonyl (C=O) groups excluding carboxylic acids is 1. The Balaban J connectivity index is 3.48. The van der Waals surface area contributed by atoms with Gasteiger partial charge in [-0.25, -0.2) is 4.79 Å². The predicted octanol–water partition coefficient (Wildman–Crippen LogP) is 3.02. The molecule has 0 aromatic heterocycles. The van der Waals surface area contributed by atoms with Crippen LogP contribution >= 0.6 is 11.6 Å². The summed E-state index contributed by atoms with van der Waals surface area (Å²) in [6.45, 7) is 0. The average molecular weight is 264 g/mol. The fraction of sp³-hybridized carbons (Fsp3) is 0.200. The highest BCUT2D eigenvalue weighted by Gasteiger charge is 2.33. The van der Waals surface area contributed by atoms with Crippen molar-refractivity contribution in [1.82, 2.24) is 0 Å². The third-order valence-electron chi connectivity index (χ3n) is 1.93. The maximum atomic E-state index is 12.4. The zero-order valence-corrected chi connectivity index (χ0v) is 9.19. The highest BCUT2D eigenvalue weighted by molar-refractivity contribution is 6.34. The Morgan fingerprint density at radius 3 is 2.47 bits per heavy atom. The summed E-state index contributed by atoms with van der Waals surface area (Å²) >= 11 is 5.54. The largest absolute Gasteiger partial charge is 0.465 e. The molecule has 0 unspecified atom stereocenters. The third-order valence-corrected chi connectivity index (χ3v) is 2.23. The highest BCUT2D eigenvalue weighted by atomic mass is 35.5. The van der Waals surface area contributed by atoms with E-state index < -0.39 is 28.3 Å². The normalized spacial score (nSPS) is 10.8. The van der Waals surface area contributed by atoms with Crippen molar-refractivity contribution in [2.75, 3.05) is 7.11 Å². The highest BCUT2D eigenvalue weighted by Crippen LogP contribution is 2.34. The van der Waals surface area contributed by atoms with E-state index in [4.69, 9.17) is 16.9 Å². The SMILES string of the molecule is COC(=O)c1c(Cl)cc(C(F)(F)F)cc1C#N. The number of alkyl halides is 3. The van der Waals surface area contributed by atoms with Crippen LogP contribution in [0, 0.1) is 11.3 Å². The van der Waals surface area contributed by atoms with Gasteiger partial charge in [0.2, 0.25) is 0 Å². The number of ether oxygens (including phenoxy) is 1. The second kappa shape index (κ2) is 4.63. The van der Waals surface area contributed by atoms with Crippen molar-refractivity contribution in [2.45, 2.75) is 6.18 Å². The minimum atomic E-state index is -4.64. The van der Waals surface area contributed by atoms with E-state index in [9.17, 15) is 18.0 Å². The minimum absolute atomic E-state index is 0.371. The molecule has 0 aliphatic heterocycles. The van der Waals surface area contributed by atoms with Crippen molar-refractivity contribution in [3.05, 3.63) is 33.8 Å². The number of carbonyl (C=O) groups is 1. The molecule has 0 N–H and O–H groups in total. The first-order chi connectivity index (χ1) is 7.81. The molecule has 0 aliphatic rings. The van der Waals surface area contributed by atoms with Gasteiger partial charge in [-0.3, -0.25) is 0 Å². The Hall–Kier alpha value is -1.74. The number of benzene rings is 1. The van der Waals surface area contributed by atoms with E-state index >= 15 is 0 Å². The molecule has 17 heavy (non-hydrogen) atoms. The van der Waals surface area contributed by atoms with Gasteiger partial charge in [0.25, 0.3) is 0 Å². The van der Waals surface area contributed by atoms with Crippen molar-refractivity contribution >= 4 is 17.6 Å². The topological polar surface area (TPSA) is 50.1 Å². The Bertz CT molecular complexity index is 505. The minimum Gasteiger partial charge on any atom is -0.465 e. The van der Waals surface area contributed by atoms with Crippen LogP contribution in [0.25, 0.3) is 0 Å². The Kier molecular flexibility index (Phi) is 3.63. The van der Waals surface area contributed by atoms with Crippen molar-refractivity contribution in [3.8, 4) is 6.07 Å². The van der Waals surface area contributed by atoms with E-state index in [1.807, 2.05) is 0 Å². The summed E-state index contributed by atoms with van der Waals surface area (Å²) in [6, 6.07) is 2.61. The number of hydrogen-bond acceptors (Lipinski definition) is 3. The summed E-state index contributed by atoms with van der Waals surface area (Å²) in [5.41, 5.74) is -1.94. The number of halogens is 4. The number of nitriles is 1. The Morgan fingerprint density at radius 2 is 2.06 bits per heavy atom. The van der Waals surface area contributed by atoms with Crippen LogP contribution in [0.4, 0.5) is 13.2 Å². The number of rotatable bonds is 1. The van der Waals surface area contributed by atoms with Crippen molar-refractivity contribution in [1.29, 1.82) is 5.26 Å². The van der Waals surface area contributed by atoms with E-state index in [1.54, 1.807) is 0 Å². The molecular formula is C10H5ClF3NO2. The summed E-state index contributed by atoms with van der Waals surface area (Å²) < 4.78 is 41.6. The molecular weight excluding hydrogens is 259 g/mol. The fourth-order valence-corrected chi connectivity index (χ4v) is 1.46. The van der Waals surface area contributed by atoms with Crippen molar-refractivity contribution in [2.24, 2.45) is 0 Å². The Labute approximate surface area is 99.4 Å². The number of hydrogen-bond donors (Lipinski definition) is 0. The van der Waals surface area contributed by atoms with Gasteiger partial charge in [-0.1, -0.05) is 11.6 Å². The van der Waals surface area contributed by atoms with E-state index in [0.717, 1.165) is 7.11 Å². The number of methoxy groups -OCH3 is 1. The standard InChI is InChI=1S/C10H5ClF3NO2/c1-17-9(16)8-5(4-15)2-6(3-7(8)11)10(12,13)14/h2-3H,1H3. The third kappa shape index (κ3) is 2.68. The van der Waals surface area contributed by atoms with Gasteiger partial charge in [0.1, 0.15) is 6.07 Å². The lowest BCUT2D eigenvalue weighted by Crippen LogP contribution is -2.10. The average Bonchev–Trinajstić information content (AvgIpc) is 2.25. The van der Waals surface area contributed by atoms with Gasteiger partial charge in [0.15, 0.2) is 0 Å². The van der Waals surface area contributed by atoms with Crippen LogP contribution in [0.1, 0.15) is 21.5 Å².